The standard InChI is InChI=1S/C47H76ClNO13/c1-11-33(42(52)53)35-15-14-27(4)40(59-35)31(8)38(50)30(7)39(51)34(12-2)41-28(5)26-29(6)46(60-41)19-16-36(49-43(54)57-25-24-56-23-22-48)47(62-46)21-20-44(10,61-47)37-17-18-45(55,13-3)32(9)58-37/h16,19,27-29,31-38,40-41,50,55H,7,11-15,17-18,20-26H2,1-6,8-10H3,(H,49,54)(H,52,53)/t27-,28-,29+,31-,32-,33?,34?,35+,36+,37+,38+,40+,41-,44-,45+,46-,47-/m0/s1. The largest absolute Gasteiger partial charge is 0.481 e. The molecule has 1 amide bonds. The number of Topliss-reactive ketones (excluding diaryl/α,β-unsaturated/α-hetero) is 1. The number of rotatable bonds is 18. The molecule has 17 atom stereocenters. The molecule has 14 nitrogen and oxygen atoms in total. The van der Waals surface area contributed by atoms with Crippen molar-refractivity contribution in [2.45, 2.75) is 192 Å². The van der Waals surface area contributed by atoms with Crippen LogP contribution in [0.3, 0.4) is 0 Å². The molecule has 4 N–H and O–H groups in total. The zero-order valence-electron chi connectivity index (χ0n) is 38.6. The van der Waals surface area contributed by atoms with Crippen molar-refractivity contribution in [3.63, 3.8) is 0 Å². The second-order valence-electron chi connectivity index (χ2n) is 19.2. The Labute approximate surface area is 374 Å². The second kappa shape index (κ2) is 21.0. The number of hydrogen-bond acceptors (Lipinski definition) is 12. The number of alkyl halides is 1. The Balaban J connectivity index is 1.38. The monoisotopic (exact) mass is 898 g/mol. The van der Waals surface area contributed by atoms with Crippen molar-refractivity contribution in [3.8, 4) is 0 Å². The minimum atomic E-state index is -1.42. The fourth-order valence-electron chi connectivity index (χ4n) is 10.9. The Hall–Kier alpha value is -2.14. The Kier molecular flexibility index (Phi) is 17.2. The number of halogens is 1. The Morgan fingerprint density at radius 1 is 0.935 bits per heavy atom. The maximum absolute atomic E-state index is 14.6. The van der Waals surface area contributed by atoms with Gasteiger partial charge in [-0.25, -0.2) is 4.79 Å². The number of carboxylic acid groups (broad SMARTS) is 1. The van der Waals surface area contributed by atoms with Crippen molar-refractivity contribution < 1.29 is 62.9 Å². The van der Waals surface area contributed by atoms with E-state index in [1.54, 1.807) is 0 Å². The fraction of sp³-hybridized carbons (Fsp3) is 0.851. The van der Waals surface area contributed by atoms with Gasteiger partial charge in [0.25, 0.3) is 0 Å². The molecule has 5 heterocycles. The molecule has 4 saturated heterocycles. The van der Waals surface area contributed by atoms with Gasteiger partial charge in [-0.2, -0.15) is 0 Å². The highest BCUT2D eigenvalue weighted by atomic mass is 35.5. The smallest absolute Gasteiger partial charge is 0.407 e. The van der Waals surface area contributed by atoms with E-state index < -0.39 is 89.2 Å². The molecule has 0 aliphatic carbocycles. The first kappa shape index (κ1) is 50.9. The molecule has 5 aliphatic rings. The highest BCUT2D eigenvalue weighted by Crippen LogP contribution is 2.54. The molecule has 0 aromatic rings. The zero-order valence-corrected chi connectivity index (χ0v) is 39.3. The summed E-state index contributed by atoms with van der Waals surface area (Å²) in [4.78, 5) is 39.8. The molecular formula is C47H76ClNO13. The van der Waals surface area contributed by atoms with Crippen LogP contribution in [-0.4, -0.2) is 124 Å². The number of aliphatic carboxylic acids is 1. The molecule has 4 fully saturated rings. The molecule has 5 rings (SSSR count). The van der Waals surface area contributed by atoms with Crippen molar-refractivity contribution in [1.82, 2.24) is 5.32 Å². The van der Waals surface area contributed by atoms with Crippen LogP contribution in [0.2, 0.25) is 0 Å². The van der Waals surface area contributed by atoms with Gasteiger partial charge in [0, 0.05) is 35.6 Å². The number of nitrogens with one attached hydrogen (secondary N) is 1. The van der Waals surface area contributed by atoms with Crippen molar-refractivity contribution in [2.75, 3.05) is 25.7 Å². The van der Waals surface area contributed by atoms with Crippen LogP contribution in [0.5, 0.6) is 0 Å². The number of ketones is 1. The minimum Gasteiger partial charge on any atom is -0.481 e. The summed E-state index contributed by atoms with van der Waals surface area (Å²) in [7, 11) is 0. The quantitative estimate of drug-likeness (QED) is 0.0473. The van der Waals surface area contributed by atoms with Gasteiger partial charge in [0.05, 0.1) is 67.0 Å². The van der Waals surface area contributed by atoms with Gasteiger partial charge in [-0.15, -0.1) is 11.6 Å². The molecule has 2 unspecified atom stereocenters. The topological polar surface area (TPSA) is 189 Å². The van der Waals surface area contributed by atoms with Crippen LogP contribution < -0.4 is 5.32 Å². The second-order valence-corrected chi connectivity index (χ2v) is 19.6. The third kappa shape index (κ3) is 10.6. The number of ether oxygens (including phenoxy) is 7. The summed E-state index contributed by atoms with van der Waals surface area (Å²) in [5.41, 5.74) is -1.72. The van der Waals surface area contributed by atoms with Crippen molar-refractivity contribution in [3.05, 3.63) is 24.3 Å². The minimum absolute atomic E-state index is 0.0197. The lowest BCUT2D eigenvalue weighted by Gasteiger charge is -2.55. The zero-order chi connectivity index (χ0) is 45.8. The van der Waals surface area contributed by atoms with Crippen LogP contribution in [0, 0.1) is 35.5 Å². The summed E-state index contributed by atoms with van der Waals surface area (Å²) >= 11 is 5.71. The van der Waals surface area contributed by atoms with Crippen LogP contribution >= 0.6 is 11.6 Å². The average Bonchev–Trinajstić information content (AvgIpc) is 3.58. The van der Waals surface area contributed by atoms with Crippen LogP contribution in [0.1, 0.15) is 127 Å². The van der Waals surface area contributed by atoms with E-state index in [0.29, 0.717) is 70.3 Å². The van der Waals surface area contributed by atoms with Gasteiger partial charge in [-0.05, 0) is 89.5 Å². The number of alkyl carbamates (subject to hydrolysis) is 1. The Bertz CT molecular complexity index is 1600. The van der Waals surface area contributed by atoms with E-state index in [9.17, 15) is 29.7 Å². The number of amides is 1. The predicted octanol–water partition coefficient (Wildman–Crippen LogP) is 7.10. The SMILES string of the molecule is C=C(C(=O)C(CC)[C@H]1O[C@]2(C=C[C@@H](NC(=O)OCCOCCCl)[C@]3(CC[C@@](C)([C@H]4CC[C@](O)(CC)[C@H](C)O4)O3)O2)[C@H](C)C[C@@H]1C)[C@@H](O)[C@H](C)[C@@H]1O[C@@H](C(CC)C(=O)O)CC[C@@H]1C. The first-order chi connectivity index (χ1) is 29.2. The van der Waals surface area contributed by atoms with Crippen LogP contribution in [0.25, 0.3) is 0 Å². The molecule has 0 aromatic heterocycles. The predicted molar refractivity (Wildman–Crippen MR) is 232 cm³/mol. The maximum Gasteiger partial charge on any atom is 0.407 e. The normalized spacial score (nSPS) is 40.4. The molecule has 0 radical (unpaired) electrons. The molecule has 62 heavy (non-hydrogen) atoms. The Morgan fingerprint density at radius 3 is 2.27 bits per heavy atom. The molecule has 0 aromatic carbocycles. The van der Waals surface area contributed by atoms with E-state index in [0.717, 1.165) is 6.42 Å². The lowest BCUT2D eigenvalue weighted by molar-refractivity contribution is -0.397. The lowest BCUT2D eigenvalue weighted by Crippen LogP contribution is -2.65. The number of aliphatic hydroxyl groups excluding tert-OH is 1. The molecule has 2 spiro atoms. The van der Waals surface area contributed by atoms with Gasteiger partial charge in [-0.1, -0.05) is 61.1 Å². The van der Waals surface area contributed by atoms with Crippen molar-refractivity contribution >= 4 is 29.4 Å². The number of carbonyl (C=O) groups excluding carboxylic acids is 2. The lowest BCUT2D eigenvalue weighted by atomic mass is 9.74. The molecule has 5 aliphatic heterocycles. The van der Waals surface area contributed by atoms with Gasteiger partial charge in [0.15, 0.2) is 17.4 Å². The highest BCUT2D eigenvalue weighted by Gasteiger charge is 2.63. The summed E-state index contributed by atoms with van der Waals surface area (Å²) in [6, 6.07) is -0.791. The summed E-state index contributed by atoms with van der Waals surface area (Å²) in [6.07, 6.45) is 4.79. The molecule has 0 bridgehead atoms. The maximum atomic E-state index is 14.6. The molecule has 0 saturated carbocycles. The van der Waals surface area contributed by atoms with E-state index in [1.807, 2.05) is 67.5 Å². The Morgan fingerprint density at radius 2 is 1.65 bits per heavy atom. The number of carboxylic acids is 1. The van der Waals surface area contributed by atoms with E-state index in [2.05, 4.69) is 18.8 Å². The third-order valence-electron chi connectivity index (χ3n) is 15.1. The van der Waals surface area contributed by atoms with Crippen LogP contribution in [0.4, 0.5) is 4.79 Å². The van der Waals surface area contributed by atoms with Crippen LogP contribution in [0.15, 0.2) is 24.3 Å². The fourth-order valence-corrected chi connectivity index (χ4v) is 11.0. The van der Waals surface area contributed by atoms with Gasteiger partial charge in [-0.3, -0.25) is 9.59 Å². The summed E-state index contributed by atoms with van der Waals surface area (Å²) in [5, 5.41) is 35.8. The molecule has 354 valence electrons. The third-order valence-corrected chi connectivity index (χ3v) is 15.2. The van der Waals surface area contributed by atoms with E-state index >= 15 is 0 Å². The number of carbonyl (C=O) groups is 3. The van der Waals surface area contributed by atoms with Crippen molar-refractivity contribution in [1.29, 1.82) is 0 Å². The first-order valence-electron chi connectivity index (χ1n) is 23.3. The summed E-state index contributed by atoms with van der Waals surface area (Å²) < 4.78 is 45.1. The molecule has 15 heteroatoms. The van der Waals surface area contributed by atoms with Gasteiger partial charge < -0.3 is 53.8 Å². The number of hydrogen-bond donors (Lipinski definition) is 4. The van der Waals surface area contributed by atoms with E-state index in [-0.39, 0.29) is 48.4 Å². The summed E-state index contributed by atoms with van der Waals surface area (Å²) in [6.45, 7) is 22.2. The van der Waals surface area contributed by atoms with Crippen LogP contribution in [-0.2, 0) is 42.7 Å². The molecular weight excluding hydrogens is 822 g/mol. The van der Waals surface area contributed by atoms with Crippen molar-refractivity contribution in [2.24, 2.45) is 35.5 Å². The van der Waals surface area contributed by atoms with E-state index in [1.165, 1.54) is 0 Å². The summed E-state index contributed by atoms with van der Waals surface area (Å²) in [5.74, 6) is -5.76. The number of aliphatic hydroxyl groups is 2. The highest BCUT2D eigenvalue weighted by molar-refractivity contribution is 6.17. The van der Waals surface area contributed by atoms with Gasteiger partial charge in [0.2, 0.25) is 0 Å². The first-order valence-corrected chi connectivity index (χ1v) is 23.8. The van der Waals surface area contributed by atoms with Gasteiger partial charge >= 0.3 is 12.1 Å². The van der Waals surface area contributed by atoms with Gasteiger partial charge in [0.1, 0.15) is 12.6 Å². The average molecular weight is 899 g/mol. The van der Waals surface area contributed by atoms with E-state index in [4.69, 9.17) is 44.8 Å².